The van der Waals surface area contributed by atoms with Crippen molar-refractivity contribution in [2.24, 2.45) is 0 Å². The molecule has 0 unspecified atom stereocenters. The Hall–Kier alpha value is -1.55. The Labute approximate surface area is 120 Å². The Morgan fingerprint density at radius 1 is 1.15 bits per heavy atom. The van der Waals surface area contributed by atoms with Gasteiger partial charge in [-0.05, 0) is 38.3 Å². The Morgan fingerprint density at radius 2 is 1.95 bits per heavy atom. The average Bonchev–Trinajstić information content (AvgIpc) is 2.87. The van der Waals surface area contributed by atoms with Gasteiger partial charge in [-0.25, -0.2) is 4.98 Å². The van der Waals surface area contributed by atoms with E-state index >= 15 is 0 Å². The number of imidazole rings is 1. The highest BCUT2D eigenvalue weighted by atomic mass is 16.5. The van der Waals surface area contributed by atoms with Crippen LogP contribution in [0.3, 0.4) is 0 Å². The van der Waals surface area contributed by atoms with Gasteiger partial charge in [0.15, 0.2) is 0 Å². The molecule has 2 heterocycles. The van der Waals surface area contributed by atoms with Gasteiger partial charge in [0.2, 0.25) is 5.95 Å². The molecule has 0 N–H and O–H groups in total. The molecular formula is C16H23N3O. The van der Waals surface area contributed by atoms with Gasteiger partial charge in [0.25, 0.3) is 0 Å². The zero-order valence-corrected chi connectivity index (χ0v) is 12.2. The van der Waals surface area contributed by atoms with E-state index in [9.17, 15) is 0 Å². The maximum atomic E-state index is 5.53. The molecule has 0 aliphatic carbocycles. The second-order valence-electron chi connectivity index (χ2n) is 5.30. The number of fused-ring (bicyclic) bond motifs is 1. The average molecular weight is 273 g/mol. The molecule has 0 atom stereocenters. The van der Waals surface area contributed by atoms with Crippen LogP contribution < -0.4 is 4.90 Å². The fourth-order valence-corrected chi connectivity index (χ4v) is 2.92. The van der Waals surface area contributed by atoms with E-state index in [-0.39, 0.29) is 0 Å². The van der Waals surface area contributed by atoms with Crippen molar-refractivity contribution < 1.29 is 4.74 Å². The van der Waals surface area contributed by atoms with Crippen LogP contribution >= 0.6 is 0 Å². The first-order valence-corrected chi connectivity index (χ1v) is 7.68. The van der Waals surface area contributed by atoms with Crippen molar-refractivity contribution in [3.8, 4) is 0 Å². The molecule has 1 aromatic carbocycles. The molecule has 0 bridgehead atoms. The summed E-state index contributed by atoms with van der Waals surface area (Å²) < 4.78 is 7.85. The van der Waals surface area contributed by atoms with Crippen LogP contribution in [0.15, 0.2) is 24.3 Å². The van der Waals surface area contributed by atoms with E-state index in [0.717, 1.165) is 44.3 Å². The summed E-state index contributed by atoms with van der Waals surface area (Å²) in [5, 5.41) is 0. The van der Waals surface area contributed by atoms with Crippen molar-refractivity contribution in [2.45, 2.75) is 32.7 Å². The Bertz CT molecular complexity index is 558. The fraction of sp³-hybridized carbons (Fsp3) is 0.562. The molecule has 0 radical (unpaired) electrons. The van der Waals surface area contributed by atoms with Gasteiger partial charge >= 0.3 is 0 Å². The molecule has 4 heteroatoms. The molecule has 4 nitrogen and oxygen atoms in total. The molecule has 0 spiro atoms. The summed E-state index contributed by atoms with van der Waals surface area (Å²) in [6, 6.07) is 8.39. The van der Waals surface area contributed by atoms with Crippen LogP contribution in [0, 0.1) is 0 Å². The lowest BCUT2D eigenvalue weighted by atomic mass is 10.1. The van der Waals surface area contributed by atoms with Crippen LogP contribution in [0.5, 0.6) is 0 Å². The van der Waals surface area contributed by atoms with E-state index in [1.54, 1.807) is 0 Å². The SMILES string of the molecule is CCOCCn1c(N2CCCCC2)nc2ccccc21. The summed E-state index contributed by atoms with van der Waals surface area (Å²) in [7, 11) is 0. The van der Waals surface area contributed by atoms with Crippen LogP contribution in [0.2, 0.25) is 0 Å². The second kappa shape index (κ2) is 6.27. The zero-order valence-electron chi connectivity index (χ0n) is 12.2. The molecule has 20 heavy (non-hydrogen) atoms. The molecule has 1 saturated heterocycles. The molecule has 1 aromatic heterocycles. The number of hydrogen-bond donors (Lipinski definition) is 0. The minimum Gasteiger partial charge on any atom is -0.380 e. The van der Waals surface area contributed by atoms with Crippen molar-refractivity contribution >= 4 is 17.0 Å². The third kappa shape index (κ3) is 2.66. The normalized spacial score (nSPS) is 15.9. The summed E-state index contributed by atoms with van der Waals surface area (Å²) in [5.74, 6) is 1.12. The number of piperidine rings is 1. The van der Waals surface area contributed by atoms with Gasteiger partial charge in [0, 0.05) is 26.2 Å². The van der Waals surface area contributed by atoms with Crippen molar-refractivity contribution in [2.75, 3.05) is 31.2 Å². The standard InChI is InChI=1S/C16H23N3O/c1-2-20-13-12-19-15-9-5-4-8-14(15)17-16(19)18-10-6-3-7-11-18/h4-5,8-9H,2-3,6-7,10-13H2,1H3. The van der Waals surface area contributed by atoms with E-state index < -0.39 is 0 Å². The topological polar surface area (TPSA) is 30.3 Å². The van der Waals surface area contributed by atoms with Gasteiger partial charge in [0.05, 0.1) is 17.6 Å². The van der Waals surface area contributed by atoms with E-state index in [1.807, 2.05) is 6.92 Å². The van der Waals surface area contributed by atoms with E-state index in [0.29, 0.717) is 0 Å². The highest BCUT2D eigenvalue weighted by molar-refractivity contribution is 5.78. The molecular weight excluding hydrogens is 250 g/mol. The number of nitrogens with zero attached hydrogens (tertiary/aromatic N) is 3. The number of hydrogen-bond acceptors (Lipinski definition) is 3. The monoisotopic (exact) mass is 273 g/mol. The van der Waals surface area contributed by atoms with Crippen LogP contribution in [0.4, 0.5) is 5.95 Å². The van der Waals surface area contributed by atoms with Crippen LogP contribution in [-0.4, -0.2) is 35.9 Å². The maximum Gasteiger partial charge on any atom is 0.206 e. The Morgan fingerprint density at radius 3 is 2.75 bits per heavy atom. The lowest BCUT2D eigenvalue weighted by Gasteiger charge is -2.28. The fourth-order valence-electron chi connectivity index (χ4n) is 2.92. The van der Waals surface area contributed by atoms with Gasteiger partial charge in [0.1, 0.15) is 0 Å². The second-order valence-corrected chi connectivity index (χ2v) is 5.30. The first-order valence-electron chi connectivity index (χ1n) is 7.68. The van der Waals surface area contributed by atoms with Gasteiger partial charge < -0.3 is 14.2 Å². The first kappa shape index (κ1) is 13.4. The van der Waals surface area contributed by atoms with Gasteiger partial charge in [-0.3, -0.25) is 0 Å². The minimum absolute atomic E-state index is 0.748. The lowest BCUT2D eigenvalue weighted by Crippen LogP contribution is -2.32. The van der Waals surface area contributed by atoms with E-state index in [1.165, 1.54) is 24.8 Å². The summed E-state index contributed by atoms with van der Waals surface area (Å²) in [6.45, 7) is 6.68. The number of ether oxygens (including phenoxy) is 1. The molecule has 2 aromatic rings. The van der Waals surface area contributed by atoms with Crippen molar-refractivity contribution in [1.29, 1.82) is 0 Å². The Kier molecular flexibility index (Phi) is 4.21. The van der Waals surface area contributed by atoms with Crippen molar-refractivity contribution in [3.63, 3.8) is 0 Å². The van der Waals surface area contributed by atoms with Crippen LogP contribution in [0.1, 0.15) is 26.2 Å². The molecule has 108 valence electrons. The number of benzene rings is 1. The highest BCUT2D eigenvalue weighted by Gasteiger charge is 2.18. The van der Waals surface area contributed by atoms with Gasteiger partial charge in [-0.15, -0.1) is 0 Å². The molecule has 1 aliphatic rings. The Balaban J connectivity index is 1.93. The largest absolute Gasteiger partial charge is 0.380 e. The minimum atomic E-state index is 0.748. The maximum absolute atomic E-state index is 5.53. The summed E-state index contributed by atoms with van der Waals surface area (Å²) in [6.07, 6.45) is 3.89. The van der Waals surface area contributed by atoms with Crippen molar-refractivity contribution in [1.82, 2.24) is 9.55 Å². The quantitative estimate of drug-likeness (QED) is 0.784. The smallest absolute Gasteiger partial charge is 0.206 e. The molecule has 3 rings (SSSR count). The summed E-state index contributed by atoms with van der Waals surface area (Å²) in [4.78, 5) is 7.27. The first-order chi connectivity index (χ1) is 9.90. The number of aromatic nitrogens is 2. The molecule has 0 saturated carbocycles. The summed E-state index contributed by atoms with van der Waals surface area (Å²) >= 11 is 0. The predicted molar refractivity (Wildman–Crippen MR) is 82.3 cm³/mol. The number of rotatable bonds is 5. The van der Waals surface area contributed by atoms with Gasteiger partial charge in [-0.1, -0.05) is 12.1 Å². The van der Waals surface area contributed by atoms with Crippen LogP contribution in [-0.2, 0) is 11.3 Å². The molecule has 1 aliphatic heterocycles. The third-order valence-corrected chi connectivity index (χ3v) is 3.94. The zero-order chi connectivity index (χ0) is 13.8. The number of para-hydroxylation sites is 2. The van der Waals surface area contributed by atoms with E-state index in [4.69, 9.17) is 9.72 Å². The van der Waals surface area contributed by atoms with E-state index in [2.05, 4.69) is 33.7 Å². The molecule has 1 fully saturated rings. The third-order valence-electron chi connectivity index (χ3n) is 3.94. The van der Waals surface area contributed by atoms with Gasteiger partial charge in [-0.2, -0.15) is 0 Å². The lowest BCUT2D eigenvalue weighted by molar-refractivity contribution is 0.140. The number of anilines is 1. The van der Waals surface area contributed by atoms with Crippen LogP contribution in [0.25, 0.3) is 11.0 Å². The predicted octanol–water partition coefficient (Wildman–Crippen LogP) is 3.06. The highest BCUT2D eigenvalue weighted by Crippen LogP contribution is 2.25. The van der Waals surface area contributed by atoms with Crippen molar-refractivity contribution in [3.05, 3.63) is 24.3 Å². The molecule has 0 amide bonds. The summed E-state index contributed by atoms with van der Waals surface area (Å²) in [5.41, 5.74) is 2.30.